The summed E-state index contributed by atoms with van der Waals surface area (Å²) in [5.74, 6) is -1.67. The van der Waals surface area contributed by atoms with Crippen molar-refractivity contribution >= 4 is 16.6 Å². The lowest BCUT2D eigenvalue weighted by Gasteiger charge is -2.08. The molecule has 0 atom stereocenters. The van der Waals surface area contributed by atoms with Gasteiger partial charge in [-0.15, -0.1) is 0 Å². The highest BCUT2D eigenvalue weighted by Gasteiger charge is 2.16. The predicted molar refractivity (Wildman–Crippen MR) is 63.8 cm³/mol. The van der Waals surface area contributed by atoms with Gasteiger partial charge in [0.05, 0.1) is 11.2 Å². The molecule has 0 fully saturated rings. The monoisotopic (exact) mass is 226 g/mol. The van der Waals surface area contributed by atoms with Crippen LogP contribution in [0, 0.1) is 18.6 Å². The zero-order valence-electron chi connectivity index (χ0n) is 9.91. The minimum absolute atomic E-state index is 0.217. The van der Waals surface area contributed by atoms with Crippen LogP contribution in [-0.4, -0.2) is 12.0 Å². The molecule has 1 aromatic carbocycles. The third-order valence-corrected chi connectivity index (χ3v) is 2.41. The lowest BCUT2D eigenvalue weighted by molar-refractivity contribution is 0.518. The molecule has 2 rings (SSSR count). The lowest BCUT2D eigenvalue weighted by atomic mass is 10.1. The molecule has 0 aliphatic heterocycles. The maximum absolute atomic E-state index is 13.4. The normalized spacial score (nSPS) is 9.88. The largest absolute Gasteiger partial charge is 0.385 e. The summed E-state index contributed by atoms with van der Waals surface area (Å²) < 4.78 is 26.8. The molecule has 2 N–H and O–H groups in total. The average molecular weight is 226 g/mol. The standard InChI is InChI=1S/C10H10F2N2.C2H6/c1-5-6-3-4-14-10(6)8(12)7(11)9(5)13-2;1-2/h3-4,13-14H,1-2H3;1-2H3. The van der Waals surface area contributed by atoms with Crippen molar-refractivity contribution in [2.45, 2.75) is 20.8 Å². The first-order valence-electron chi connectivity index (χ1n) is 5.29. The van der Waals surface area contributed by atoms with Crippen molar-refractivity contribution in [2.24, 2.45) is 0 Å². The van der Waals surface area contributed by atoms with Crippen LogP contribution >= 0.6 is 0 Å². The van der Waals surface area contributed by atoms with Crippen LogP contribution in [0.3, 0.4) is 0 Å². The van der Waals surface area contributed by atoms with E-state index in [1.807, 2.05) is 13.8 Å². The Kier molecular flexibility index (Phi) is 3.88. The Labute approximate surface area is 93.7 Å². The Morgan fingerprint density at radius 3 is 2.38 bits per heavy atom. The van der Waals surface area contributed by atoms with E-state index in [1.165, 1.54) is 0 Å². The Morgan fingerprint density at radius 1 is 1.19 bits per heavy atom. The van der Waals surface area contributed by atoms with Gasteiger partial charge in [0.1, 0.15) is 0 Å². The first kappa shape index (κ1) is 12.5. The van der Waals surface area contributed by atoms with Gasteiger partial charge in [0.2, 0.25) is 0 Å². The highest BCUT2D eigenvalue weighted by Crippen LogP contribution is 2.30. The predicted octanol–water partition coefficient (Wildman–Crippen LogP) is 3.82. The van der Waals surface area contributed by atoms with E-state index in [-0.39, 0.29) is 11.2 Å². The summed E-state index contributed by atoms with van der Waals surface area (Å²) in [4.78, 5) is 2.68. The quantitative estimate of drug-likeness (QED) is 0.760. The molecular formula is C12H16F2N2. The zero-order valence-corrected chi connectivity index (χ0v) is 9.91. The number of aromatic amines is 1. The molecule has 0 bridgehead atoms. The first-order chi connectivity index (χ1) is 7.66. The molecule has 88 valence electrons. The summed E-state index contributed by atoms with van der Waals surface area (Å²) in [5.41, 5.74) is 1.15. The molecule has 0 aliphatic carbocycles. The molecule has 2 nitrogen and oxygen atoms in total. The minimum atomic E-state index is -0.833. The van der Waals surface area contributed by atoms with Crippen LogP contribution in [0.5, 0.6) is 0 Å². The fourth-order valence-electron chi connectivity index (χ4n) is 1.68. The Morgan fingerprint density at radius 2 is 1.81 bits per heavy atom. The second-order valence-electron chi connectivity index (χ2n) is 3.14. The first-order valence-corrected chi connectivity index (χ1v) is 5.29. The van der Waals surface area contributed by atoms with E-state index < -0.39 is 11.6 Å². The smallest absolute Gasteiger partial charge is 0.184 e. The van der Waals surface area contributed by atoms with Gasteiger partial charge < -0.3 is 10.3 Å². The number of hydrogen-bond donors (Lipinski definition) is 2. The number of halogens is 2. The van der Waals surface area contributed by atoms with Gasteiger partial charge in [-0.05, 0) is 18.6 Å². The van der Waals surface area contributed by atoms with Crippen LogP contribution in [-0.2, 0) is 0 Å². The molecule has 0 unspecified atom stereocenters. The molecule has 16 heavy (non-hydrogen) atoms. The average Bonchev–Trinajstić information content (AvgIpc) is 2.79. The van der Waals surface area contributed by atoms with E-state index >= 15 is 0 Å². The number of anilines is 1. The highest BCUT2D eigenvalue weighted by molar-refractivity contribution is 5.88. The molecule has 0 saturated carbocycles. The molecule has 2 aromatic rings. The minimum Gasteiger partial charge on any atom is -0.385 e. The highest BCUT2D eigenvalue weighted by atomic mass is 19.2. The maximum atomic E-state index is 13.4. The van der Waals surface area contributed by atoms with E-state index in [1.54, 1.807) is 26.2 Å². The number of nitrogens with one attached hydrogen (secondary N) is 2. The van der Waals surface area contributed by atoms with Crippen molar-refractivity contribution in [1.82, 2.24) is 4.98 Å². The molecule has 4 heteroatoms. The van der Waals surface area contributed by atoms with Gasteiger partial charge in [-0.25, -0.2) is 8.78 Å². The fraction of sp³-hybridized carbons (Fsp3) is 0.333. The van der Waals surface area contributed by atoms with Crippen molar-refractivity contribution < 1.29 is 8.78 Å². The number of H-pyrrole nitrogens is 1. The molecule has 1 aromatic heterocycles. The van der Waals surface area contributed by atoms with E-state index in [4.69, 9.17) is 0 Å². The van der Waals surface area contributed by atoms with Crippen molar-refractivity contribution in [1.29, 1.82) is 0 Å². The van der Waals surface area contributed by atoms with Gasteiger partial charge in [0, 0.05) is 18.6 Å². The van der Waals surface area contributed by atoms with Gasteiger partial charge in [-0.2, -0.15) is 0 Å². The number of hydrogen-bond acceptors (Lipinski definition) is 1. The third-order valence-electron chi connectivity index (χ3n) is 2.41. The zero-order chi connectivity index (χ0) is 12.3. The summed E-state index contributed by atoms with van der Waals surface area (Å²) in [6.07, 6.45) is 1.60. The molecule has 0 saturated heterocycles. The summed E-state index contributed by atoms with van der Waals surface area (Å²) in [5, 5.41) is 3.36. The summed E-state index contributed by atoms with van der Waals surface area (Å²) in [6.45, 7) is 5.75. The fourth-order valence-corrected chi connectivity index (χ4v) is 1.68. The number of aromatic nitrogens is 1. The number of rotatable bonds is 1. The number of fused-ring (bicyclic) bond motifs is 1. The van der Waals surface area contributed by atoms with Crippen LogP contribution in [0.4, 0.5) is 14.5 Å². The number of benzene rings is 1. The van der Waals surface area contributed by atoms with E-state index in [0.717, 1.165) is 0 Å². The van der Waals surface area contributed by atoms with Crippen LogP contribution in [0.25, 0.3) is 10.9 Å². The van der Waals surface area contributed by atoms with Crippen LogP contribution in [0.2, 0.25) is 0 Å². The van der Waals surface area contributed by atoms with Crippen LogP contribution in [0.1, 0.15) is 19.4 Å². The van der Waals surface area contributed by atoms with Gasteiger partial charge in [0.15, 0.2) is 11.6 Å². The van der Waals surface area contributed by atoms with E-state index in [2.05, 4.69) is 10.3 Å². The summed E-state index contributed by atoms with van der Waals surface area (Å²) in [7, 11) is 1.57. The molecule has 0 radical (unpaired) electrons. The summed E-state index contributed by atoms with van der Waals surface area (Å²) in [6, 6.07) is 1.73. The lowest BCUT2D eigenvalue weighted by Crippen LogP contribution is -1.99. The van der Waals surface area contributed by atoms with Crippen molar-refractivity contribution in [3.8, 4) is 0 Å². The third kappa shape index (κ3) is 1.75. The van der Waals surface area contributed by atoms with Crippen LogP contribution < -0.4 is 5.32 Å². The van der Waals surface area contributed by atoms with Crippen molar-refractivity contribution in [3.05, 3.63) is 29.5 Å². The second-order valence-corrected chi connectivity index (χ2v) is 3.14. The molecule has 0 spiro atoms. The molecular weight excluding hydrogens is 210 g/mol. The summed E-state index contributed by atoms with van der Waals surface area (Å²) >= 11 is 0. The van der Waals surface area contributed by atoms with Gasteiger partial charge in [0.25, 0.3) is 0 Å². The van der Waals surface area contributed by atoms with Gasteiger partial charge in [-0.3, -0.25) is 0 Å². The molecule has 0 amide bonds. The number of aryl methyl sites for hydroxylation is 1. The molecule has 1 heterocycles. The Bertz CT molecular complexity index is 489. The Hall–Kier alpha value is -1.58. The maximum Gasteiger partial charge on any atom is 0.184 e. The van der Waals surface area contributed by atoms with Crippen molar-refractivity contribution in [3.63, 3.8) is 0 Å². The van der Waals surface area contributed by atoms with E-state index in [0.29, 0.717) is 10.9 Å². The van der Waals surface area contributed by atoms with E-state index in [9.17, 15) is 8.78 Å². The van der Waals surface area contributed by atoms with Gasteiger partial charge >= 0.3 is 0 Å². The Balaban J connectivity index is 0.000000606. The van der Waals surface area contributed by atoms with Crippen LogP contribution in [0.15, 0.2) is 12.3 Å². The van der Waals surface area contributed by atoms with Gasteiger partial charge in [-0.1, -0.05) is 13.8 Å². The topological polar surface area (TPSA) is 27.8 Å². The molecule has 0 aliphatic rings. The van der Waals surface area contributed by atoms with Crippen molar-refractivity contribution in [2.75, 3.05) is 12.4 Å². The SMILES string of the molecule is CC.CNc1c(F)c(F)c2[nH]ccc2c1C. The second kappa shape index (κ2) is 4.96.